The molecule has 3 N–H and O–H groups in total. The fourth-order valence-electron chi connectivity index (χ4n) is 5.12. The number of hydrogen-bond acceptors (Lipinski definition) is 9. The summed E-state index contributed by atoms with van der Waals surface area (Å²) in [6.07, 6.45) is 8.36. The molecular weight excluding hydrogens is 539 g/mol. The van der Waals surface area contributed by atoms with Crippen molar-refractivity contribution in [2.24, 2.45) is 7.05 Å². The van der Waals surface area contributed by atoms with Gasteiger partial charge in [-0.1, -0.05) is 6.07 Å². The van der Waals surface area contributed by atoms with E-state index in [1.54, 1.807) is 30.1 Å². The number of benzene rings is 1. The monoisotopic (exact) mass is 576 g/mol. The van der Waals surface area contributed by atoms with Crippen LogP contribution in [0.15, 0.2) is 48.9 Å². The molecule has 0 aliphatic carbocycles. The molecule has 1 aliphatic heterocycles. The van der Waals surface area contributed by atoms with E-state index in [2.05, 4.69) is 42.7 Å². The molecule has 4 heterocycles. The van der Waals surface area contributed by atoms with Crippen molar-refractivity contribution >= 4 is 28.6 Å². The molecule has 4 aromatic rings. The molecule has 0 amide bonds. The highest BCUT2D eigenvalue weighted by Gasteiger charge is 2.21. The van der Waals surface area contributed by atoms with Crippen molar-refractivity contribution in [2.75, 3.05) is 43.4 Å². The molecule has 1 atom stereocenters. The molecule has 11 nitrogen and oxygen atoms in total. The van der Waals surface area contributed by atoms with E-state index in [0.717, 1.165) is 56.7 Å². The molecule has 0 unspecified atom stereocenters. The lowest BCUT2D eigenvalue weighted by atomic mass is 10.1. The van der Waals surface area contributed by atoms with Gasteiger partial charge in [0.2, 0.25) is 0 Å². The van der Waals surface area contributed by atoms with Crippen molar-refractivity contribution < 1.29 is 19.0 Å². The molecule has 42 heavy (non-hydrogen) atoms. The molecule has 0 radical (unpaired) electrons. The Hall–Kier alpha value is -4.32. The second-order valence-corrected chi connectivity index (χ2v) is 10.5. The van der Waals surface area contributed by atoms with E-state index in [0.29, 0.717) is 48.7 Å². The molecule has 0 saturated carbocycles. The number of halogens is 1. The number of anilines is 2. The summed E-state index contributed by atoms with van der Waals surface area (Å²) < 4.78 is 20.7. The third-order valence-corrected chi connectivity index (χ3v) is 7.47. The summed E-state index contributed by atoms with van der Waals surface area (Å²) in [4.78, 5) is 27.7. The van der Waals surface area contributed by atoms with Crippen LogP contribution in [0.2, 0.25) is 0 Å². The maximum atomic E-state index is 13.3. The van der Waals surface area contributed by atoms with Gasteiger partial charge in [-0.3, -0.25) is 9.58 Å². The molecular formula is C30H37FN8O3. The number of aryl methyl sites for hydroxylation is 3. The summed E-state index contributed by atoms with van der Waals surface area (Å²) in [7, 11) is 1.78. The topological polar surface area (TPSA) is 130 Å². The summed E-state index contributed by atoms with van der Waals surface area (Å²) in [6.45, 7) is 3.29. The zero-order valence-electron chi connectivity index (χ0n) is 23.8. The normalized spacial score (nSPS) is 13.5. The van der Waals surface area contributed by atoms with Crippen molar-refractivity contribution in [3.63, 3.8) is 0 Å². The summed E-state index contributed by atoms with van der Waals surface area (Å²) in [5.41, 5.74) is 2.99. The van der Waals surface area contributed by atoms with Crippen molar-refractivity contribution in [2.45, 2.75) is 44.6 Å². The Kier molecular flexibility index (Phi) is 9.75. The predicted molar refractivity (Wildman–Crippen MR) is 158 cm³/mol. The number of nitrogens with zero attached hydrogens (tertiary/aromatic N) is 6. The van der Waals surface area contributed by atoms with Gasteiger partial charge in [-0.2, -0.15) is 5.10 Å². The van der Waals surface area contributed by atoms with Gasteiger partial charge in [0.05, 0.1) is 11.6 Å². The summed E-state index contributed by atoms with van der Waals surface area (Å²) in [6, 6.07) is 9.39. The molecule has 3 aromatic heterocycles. The van der Waals surface area contributed by atoms with Crippen LogP contribution in [-0.2, 0) is 24.7 Å². The van der Waals surface area contributed by atoms with Crippen LogP contribution in [0, 0.1) is 5.82 Å². The van der Waals surface area contributed by atoms with Gasteiger partial charge < -0.3 is 20.5 Å². The van der Waals surface area contributed by atoms with Gasteiger partial charge in [0.1, 0.15) is 42.2 Å². The number of rotatable bonds is 15. The van der Waals surface area contributed by atoms with Crippen molar-refractivity contribution in [3.05, 3.63) is 66.0 Å². The van der Waals surface area contributed by atoms with Crippen LogP contribution >= 0.6 is 0 Å². The average molecular weight is 577 g/mol. The van der Waals surface area contributed by atoms with Crippen LogP contribution in [0.5, 0.6) is 5.75 Å². The number of carbonyl (C=O) groups is 1. The van der Waals surface area contributed by atoms with E-state index >= 15 is 0 Å². The van der Waals surface area contributed by atoms with Crippen LogP contribution in [0.4, 0.5) is 16.0 Å². The van der Waals surface area contributed by atoms with E-state index in [9.17, 15) is 14.3 Å². The van der Waals surface area contributed by atoms with Crippen LogP contribution < -0.4 is 15.4 Å². The van der Waals surface area contributed by atoms with Gasteiger partial charge >= 0.3 is 5.97 Å². The smallest absolute Gasteiger partial charge is 0.326 e. The Morgan fingerprint density at radius 3 is 2.86 bits per heavy atom. The third-order valence-electron chi connectivity index (χ3n) is 7.47. The summed E-state index contributed by atoms with van der Waals surface area (Å²) >= 11 is 0. The number of hydrogen-bond donors (Lipinski definition) is 3. The first-order valence-corrected chi connectivity index (χ1v) is 14.4. The number of nitrogens with one attached hydrogen (secondary N) is 2. The Morgan fingerprint density at radius 2 is 2.02 bits per heavy atom. The Labute approximate surface area is 244 Å². The molecule has 0 bridgehead atoms. The average Bonchev–Trinajstić information content (AvgIpc) is 3.39. The standard InChI is InChI=1S/C30H37FN8O3/c1-38-29-25(19-35-38)28(33-20-34-29)37-26(30(40)41)13-16-39(17-18-42-24-11-8-22(31)9-12-24)15-3-2-6-23-10-7-21-5-4-14-32-27(21)36-23/h7-12,19-20,26H,2-6,13-18H2,1H3,(H,32,36)(H,40,41)(H,33,34,37)/t26-/m0/s1. The van der Waals surface area contributed by atoms with Gasteiger partial charge in [0, 0.05) is 32.4 Å². The van der Waals surface area contributed by atoms with Crippen molar-refractivity contribution in [3.8, 4) is 5.75 Å². The first-order valence-electron chi connectivity index (χ1n) is 14.4. The zero-order chi connectivity index (χ0) is 29.3. The maximum absolute atomic E-state index is 13.3. The van der Waals surface area contributed by atoms with Crippen LogP contribution in [0.1, 0.15) is 36.9 Å². The van der Waals surface area contributed by atoms with Crippen LogP contribution in [0.3, 0.4) is 0 Å². The van der Waals surface area contributed by atoms with E-state index in [1.807, 2.05) is 0 Å². The SMILES string of the molecule is Cn1ncc2c(N[C@@H](CCN(CCCCc3ccc4c(n3)NCCC4)CCOc3ccc(F)cc3)C(=O)O)ncnc21. The van der Waals surface area contributed by atoms with Crippen molar-refractivity contribution in [1.29, 1.82) is 0 Å². The largest absolute Gasteiger partial charge is 0.492 e. The molecule has 0 saturated heterocycles. The van der Waals surface area contributed by atoms with Gasteiger partial charge in [-0.25, -0.2) is 24.1 Å². The highest BCUT2D eigenvalue weighted by atomic mass is 19.1. The highest BCUT2D eigenvalue weighted by molar-refractivity contribution is 5.88. The summed E-state index contributed by atoms with van der Waals surface area (Å²) in [5.74, 6) is 0.780. The molecule has 0 fully saturated rings. The minimum Gasteiger partial charge on any atom is -0.492 e. The maximum Gasteiger partial charge on any atom is 0.326 e. The third kappa shape index (κ3) is 7.69. The number of unbranched alkanes of at least 4 members (excludes halogenated alkanes) is 1. The van der Waals surface area contributed by atoms with E-state index < -0.39 is 12.0 Å². The molecule has 5 rings (SSSR count). The summed E-state index contributed by atoms with van der Waals surface area (Å²) in [5, 5.41) is 21.3. The number of ether oxygens (including phenoxy) is 1. The van der Waals surface area contributed by atoms with Gasteiger partial charge in [-0.15, -0.1) is 0 Å². The number of aromatic nitrogens is 5. The molecule has 222 valence electrons. The second kappa shape index (κ2) is 14.0. The fraction of sp³-hybridized carbons (Fsp3) is 0.433. The Morgan fingerprint density at radius 1 is 1.17 bits per heavy atom. The van der Waals surface area contributed by atoms with Crippen LogP contribution in [0.25, 0.3) is 11.0 Å². The Balaban J connectivity index is 1.17. The number of aliphatic carboxylic acids is 1. The first-order chi connectivity index (χ1) is 20.5. The highest BCUT2D eigenvalue weighted by Crippen LogP contribution is 2.21. The Bertz CT molecular complexity index is 1480. The fourth-order valence-corrected chi connectivity index (χ4v) is 5.12. The molecule has 1 aliphatic rings. The first kappa shape index (κ1) is 29.2. The zero-order valence-corrected chi connectivity index (χ0v) is 23.8. The number of carboxylic acid groups (broad SMARTS) is 1. The van der Waals surface area contributed by atoms with E-state index in [-0.39, 0.29) is 5.82 Å². The minimum atomic E-state index is -0.958. The molecule has 1 aromatic carbocycles. The van der Waals surface area contributed by atoms with Gasteiger partial charge in [-0.05, 0) is 81.0 Å². The molecule has 0 spiro atoms. The second-order valence-electron chi connectivity index (χ2n) is 10.5. The van der Waals surface area contributed by atoms with E-state index in [4.69, 9.17) is 9.72 Å². The lowest BCUT2D eigenvalue weighted by Crippen LogP contribution is -2.37. The van der Waals surface area contributed by atoms with Crippen LogP contribution in [-0.4, -0.2) is 79.5 Å². The number of fused-ring (bicyclic) bond motifs is 2. The predicted octanol–water partition coefficient (Wildman–Crippen LogP) is 3.91. The van der Waals surface area contributed by atoms with Gasteiger partial charge in [0.15, 0.2) is 5.65 Å². The lowest BCUT2D eigenvalue weighted by molar-refractivity contribution is -0.138. The quantitative estimate of drug-likeness (QED) is 0.179. The van der Waals surface area contributed by atoms with Crippen molar-refractivity contribution in [1.82, 2.24) is 29.6 Å². The van der Waals surface area contributed by atoms with E-state index in [1.165, 1.54) is 24.0 Å². The number of carboxylic acids is 1. The van der Waals surface area contributed by atoms with Gasteiger partial charge in [0.25, 0.3) is 0 Å². The number of pyridine rings is 1. The lowest BCUT2D eigenvalue weighted by Gasteiger charge is -2.25. The molecule has 12 heteroatoms. The minimum absolute atomic E-state index is 0.312.